The molecule has 0 saturated carbocycles. The Morgan fingerprint density at radius 2 is 1.97 bits per heavy atom. The highest BCUT2D eigenvalue weighted by atomic mass is 32.1. The molecule has 1 aromatic carbocycles. The number of halogens is 3. The average Bonchev–Trinajstić information content (AvgIpc) is 3.27. The standard InChI is InChI=1S/C19H17F3N4O2S/c1-2-3-8-24-16(27)15-14(7-9-29-15)26-17(24)23-25(18(26)28)11-12-5-4-6-13(10-12)19(20,21)22/h4-7,9-10H,2-3,8,11H2,1H3. The normalized spacial score (nSPS) is 12.3. The van der Waals surface area contributed by atoms with E-state index in [0.29, 0.717) is 22.3 Å². The lowest BCUT2D eigenvalue weighted by Crippen LogP contribution is -2.26. The van der Waals surface area contributed by atoms with Crippen LogP contribution in [-0.4, -0.2) is 18.7 Å². The summed E-state index contributed by atoms with van der Waals surface area (Å²) in [6, 6.07) is 6.47. The zero-order valence-corrected chi connectivity index (χ0v) is 16.3. The van der Waals surface area contributed by atoms with Crippen molar-refractivity contribution in [1.82, 2.24) is 18.7 Å². The molecule has 4 rings (SSSR count). The molecular weight excluding hydrogens is 405 g/mol. The van der Waals surface area contributed by atoms with Crippen LogP contribution in [0.1, 0.15) is 30.9 Å². The summed E-state index contributed by atoms with van der Waals surface area (Å²) in [7, 11) is 0. The number of fused-ring (bicyclic) bond motifs is 3. The predicted molar refractivity (Wildman–Crippen MR) is 105 cm³/mol. The molecule has 6 nitrogen and oxygen atoms in total. The third kappa shape index (κ3) is 3.37. The maximum atomic E-state index is 13.0. The number of rotatable bonds is 5. The van der Waals surface area contributed by atoms with Crippen molar-refractivity contribution in [3.8, 4) is 0 Å². The van der Waals surface area contributed by atoms with E-state index in [2.05, 4.69) is 5.10 Å². The van der Waals surface area contributed by atoms with Crippen LogP contribution in [0, 0.1) is 0 Å². The predicted octanol–water partition coefficient (Wildman–Crippen LogP) is 3.74. The first-order chi connectivity index (χ1) is 13.8. The second-order valence-electron chi connectivity index (χ2n) is 6.72. The number of alkyl halides is 3. The van der Waals surface area contributed by atoms with Crippen LogP contribution in [0.15, 0.2) is 45.3 Å². The molecule has 0 N–H and O–H groups in total. The van der Waals surface area contributed by atoms with Gasteiger partial charge in [0.15, 0.2) is 0 Å². The number of hydrogen-bond acceptors (Lipinski definition) is 4. The van der Waals surface area contributed by atoms with Gasteiger partial charge in [-0.25, -0.2) is 13.9 Å². The quantitative estimate of drug-likeness (QED) is 0.492. The summed E-state index contributed by atoms with van der Waals surface area (Å²) >= 11 is 1.25. The van der Waals surface area contributed by atoms with Crippen LogP contribution in [0.25, 0.3) is 16.0 Å². The Morgan fingerprint density at radius 1 is 1.17 bits per heavy atom. The fourth-order valence-corrected chi connectivity index (χ4v) is 4.10. The van der Waals surface area contributed by atoms with Gasteiger partial charge in [0.2, 0.25) is 5.78 Å². The highest BCUT2D eigenvalue weighted by molar-refractivity contribution is 7.17. The van der Waals surface area contributed by atoms with Gasteiger partial charge in [0.05, 0.1) is 17.6 Å². The molecule has 152 valence electrons. The minimum atomic E-state index is -4.47. The van der Waals surface area contributed by atoms with Crippen molar-refractivity contribution in [2.24, 2.45) is 0 Å². The molecule has 0 saturated heterocycles. The summed E-state index contributed by atoms with van der Waals surface area (Å²) in [6.45, 7) is 2.27. The average molecular weight is 422 g/mol. The molecule has 0 spiro atoms. The van der Waals surface area contributed by atoms with Crippen LogP contribution in [0.5, 0.6) is 0 Å². The largest absolute Gasteiger partial charge is 0.416 e. The Morgan fingerprint density at radius 3 is 2.69 bits per heavy atom. The van der Waals surface area contributed by atoms with Crippen molar-refractivity contribution >= 4 is 27.3 Å². The Labute approximate surface area is 166 Å². The van der Waals surface area contributed by atoms with Crippen LogP contribution >= 0.6 is 11.3 Å². The van der Waals surface area contributed by atoms with Crippen LogP contribution in [0.2, 0.25) is 0 Å². The van der Waals surface area contributed by atoms with Gasteiger partial charge in [-0.1, -0.05) is 25.5 Å². The fraction of sp³-hybridized carbons (Fsp3) is 0.316. The van der Waals surface area contributed by atoms with E-state index >= 15 is 0 Å². The number of hydrogen-bond donors (Lipinski definition) is 0. The molecule has 0 radical (unpaired) electrons. The molecule has 0 fully saturated rings. The molecule has 3 aromatic heterocycles. The minimum absolute atomic E-state index is 0.127. The van der Waals surface area contributed by atoms with Crippen molar-refractivity contribution in [2.75, 3.05) is 0 Å². The van der Waals surface area contributed by atoms with Gasteiger partial charge in [0.25, 0.3) is 5.56 Å². The Hall–Kier alpha value is -2.88. The van der Waals surface area contributed by atoms with Crippen LogP contribution in [0.4, 0.5) is 13.2 Å². The van der Waals surface area contributed by atoms with Crippen molar-refractivity contribution in [2.45, 2.75) is 39.0 Å². The molecule has 0 unspecified atom stereocenters. The van der Waals surface area contributed by atoms with E-state index in [-0.39, 0.29) is 17.9 Å². The highest BCUT2D eigenvalue weighted by Gasteiger charge is 2.30. The lowest BCUT2D eigenvalue weighted by Gasteiger charge is -2.08. The van der Waals surface area contributed by atoms with E-state index in [1.165, 1.54) is 32.4 Å². The van der Waals surface area contributed by atoms with Crippen LogP contribution in [0.3, 0.4) is 0 Å². The number of benzene rings is 1. The van der Waals surface area contributed by atoms with E-state index in [1.54, 1.807) is 11.4 Å². The summed E-state index contributed by atoms with van der Waals surface area (Å²) in [4.78, 5) is 25.8. The Bertz CT molecular complexity index is 1310. The van der Waals surface area contributed by atoms with Gasteiger partial charge in [-0.05, 0) is 35.6 Å². The first-order valence-electron chi connectivity index (χ1n) is 9.07. The molecule has 0 atom stereocenters. The van der Waals surface area contributed by atoms with Crippen LogP contribution < -0.4 is 11.2 Å². The molecule has 0 amide bonds. The summed E-state index contributed by atoms with van der Waals surface area (Å²) in [6.07, 6.45) is -2.87. The molecule has 0 aliphatic carbocycles. The van der Waals surface area contributed by atoms with E-state index < -0.39 is 17.4 Å². The third-order valence-corrected chi connectivity index (χ3v) is 5.60. The van der Waals surface area contributed by atoms with E-state index in [9.17, 15) is 22.8 Å². The zero-order valence-electron chi connectivity index (χ0n) is 15.4. The van der Waals surface area contributed by atoms with Crippen molar-refractivity contribution in [1.29, 1.82) is 0 Å². The summed E-state index contributed by atoms with van der Waals surface area (Å²) < 4.78 is 43.3. The third-order valence-electron chi connectivity index (χ3n) is 4.71. The van der Waals surface area contributed by atoms with Gasteiger partial charge >= 0.3 is 11.9 Å². The highest BCUT2D eigenvalue weighted by Crippen LogP contribution is 2.29. The zero-order chi connectivity index (χ0) is 20.8. The SMILES string of the molecule is CCCCn1c(=O)c2sccc2n2c(=O)n(Cc3cccc(C(F)(F)F)c3)nc12. The van der Waals surface area contributed by atoms with Gasteiger partial charge in [-0.2, -0.15) is 13.2 Å². The lowest BCUT2D eigenvalue weighted by atomic mass is 10.1. The molecular formula is C19H17F3N4O2S. The summed E-state index contributed by atoms with van der Waals surface area (Å²) in [5, 5.41) is 6.02. The number of aryl methyl sites for hydroxylation is 1. The van der Waals surface area contributed by atoms with Gasteiger partial charge in [-0.15, -0.1) is 16.4 Å². The molecule has 29 heavy (non-hydrogen) atoms. The molecule has 3 heterocycles. The van der Waals surface area contributed by atoms with Crippen molar-refractivity contribution in [3.05, 3.63) is 67.7 Å². The summed E-state index contributed by atoms with van der Waals surface area (Å²) in [5.74, 6) is 0.200. The van der Waals surface area contributed by atoms with E-state index in [0.717, 1.165) is 29.7 Å². The van der Waals surface area contributed by atoms with Gasteiger partial charge in [-0.3, -0.25) is 9.36 Å². The van der Waals surface area contributed by atoms with Crippen molar-refractivity contribution in [3.63, 3.8) is 0 Å². The Balaban J connectivity index is 1.88. The maximum absolute atomic E-state index is 13.0. The first kappa shape index (κ1) is 19.4. The molecule has 0 aliphatic rings. The monoisotopic (exact) mass is 422 g/mol. The molecule has 4 aromatic rings. The number of thiophene rings is 1. The second kappa shape index (κ2) is 7.18. The number of aromatic nitrogens is 4. The fourth-order valence-electron chi connectivity index (χ4n) is 3.27. The molecule has 0 bridgehead atoms. The van der Waals surface area contributed by atoms with Gasteiger partial charge in [0.1, 0.15) is 4.70 Å². The maximum Gasteiger partial charge on any atom is 0.416 e. The number of unbranched alkanes of at least 4 members (excludes halogenated alkanes) is 1. The van der Waals surface area contributed by atoms with Crippen molar-refractivity contribution < 1.29 is 13.2 Å². The first-order valence-corrected chi connectivity index (χ1v) is 9.95. The van der Waals surface area contributed by atoms with E-state index in [4.69, 9.17) is 0 Å². The minimum Gasteiger partial charge on any atom is -0.276 e. The smallest absolute Gasteiger partial charge is 0.276 e. The molecule has 10 heteroatoms. The van der Waals surface area contributed by atoms with Gasteiger partial charge in [0, 0.05) is 6.54 Å². The molecule has 0 aliphatic heterocycles. The lowest BCUT2D eigenvalue weighted by molar-refractivity contribution is -0.137. The van der Waals surface area contributed by atoms with Crippen LogP contribution in [-0.2, 0) is 19.3 Å². The Kier molecular flexibility index (Phi) is 4.81. The van der Waals surface area contributed by atoms with E-state index in [1.807, 2.05) is 6.92 Å². The van der Waals surface area contributed by atoms with Gasteiger partial charge < -0.3 is 0 Å². The summed E-state index contributed by atoms with van der Waals surface area (Å²) in [5.41, 5.74) is -0.734. The number of nitrogens with zero attached hydrogens (tertiary/aromatic N) is 4. The second-order valence-corrected chi connectivity index (χ2v) is 7.64. The topological polar surface area (TPSA) is 61.3 Å².